The maximum atomic E-state index is 12.4. The molecule has 6 atom stereocenters. The Morgan fingerprint density at radius 2 is 1.67 bits per heavy atom. The number of halogens is 1. The van der Waals surface area contributed by atoms with Crippen LogP contribution in [0, 0.1) is 29.6 Å². The van der Waals surface area contributed by atoms with Crippen molar-refractivity contribution in [2.75, 3.05) is 0 Å². The zero-order valence-electron chi connectivity index (χ0n) is 10.8. The van der Waals surface area contributed by atoms with Crippen molar-refractivity contribution < 1.29 is 4.79 Å². The van der Waals surface area contributed by atoms with Crippen molar-refractivity contribution in [3.8, 4) is 0 Å². The van der Waals surface area contributed by atoms with Gasteiger partial charge in [0, 0.05) is 16.8 Å². The fourth-order valence-corrected chi connectivity index (χ4v) is 5.92. The fraction of sp³-hybridized carbons (Fsp3) is 0.933. The lowest BCUT2D eigenvalue weighted by Gasteiger charge is -2.28. The Morgan fingerprint density at radius 3 is 2.33 bits per heavy atom. The number of hydrogen-bond donors (Lipinski definition) is 1. The summed E-state index contributed by atoms with van der Waals surface area (Å²) >= 11 is 3.74. The summed E-state index contributed by atoms with van der Waals surface area (Å²) in [7, 11) is 0. The summed E-state index contributed by atoms with van der Waals surface area (Å²) in [5, 5.41) is 3.34. The lowest BCUT2D eigenvalue weighted by Crippen LogP contribution is -2.44. The summed E-state index contributed by atoms with van der Waals surface area (Å²) in [6.45, 7) is 0. The topological polar surface area (TPSA) is 29.1 Å². The van der Waals surface area contributed by atoms with Crippen LogP contribution in [0.3, 0.4) is 0 Å². The third kappa shape index (κ3) is 1.69. The van der Waals surface area contributed by atoms with E-state index in [0.29, 0.717) is 22.7 Å². The number of alkyl halides is 1. The number of nitrogens with one attached hydrogen (secondary N) is 1. The molecule has 4 rings (SSSR count). The van der Waals surface area contributed by atoms with E-state index in [1.165, 1.54) is 38.5 Å². The van der Waals surface area contributed by atoms with E-state index in [1.54, 1.807) is 0 Å². The normalized spacial score (nSPS) is 53.1. The number of fused-ring (bicyclic) bond motifs is 5. The van der Waals surface area contributed by atoms with Crippen molar-refractivity contribution in [1.82, 2.24) is 5.32 Å². The lowest BCUT2D eigenvalue weighted by molar-refractivity contribution is -0.124. The minimum atomic E-state index is 0.387. The first-order valence-corrected chi connectivity index (χ1v) is 8.61. The molecule has 0 radical (unpaired) electrons. The average Bonchev–Trinajstić information content (AvgIpc) is 2.82. The summed E-state index contributed by atoms with van der Waals surface area (Å²) in [6.07, 6.45) is 9.20. The Balaban J connectivity index is 1.38. The SMILES string of the molecule is O=C(NC1CCCCC1Br)C1C2C3CCC(C3)C12. The molecule has 4 fully saturated rings. The highest BCUT2D eigenvalue weighted by molar-refractivity contribution is 9.09. The first-order valence-electron chi connectivity index (χ1n) is 7.70. The van der Waals surface area contributed by atoms with E-state index in [4.69, 9.17) is 0 Å². The quantitative estimate of drug-likeness (QED) is 0.780. The molecule has 1 amide bonds. The first-order chi connectivity index (χ1) is 8.75. The highest BCUT2D eigenvalue weighted by atomic mass is 79.9. The molecule has 0 aromatic carbocycles. The van der Waals surface area contributed by atoms with Crippen molar-refractivity contribution in [2.45, 2.75) is 55.8 Å². The van der Waals surface area contributed by atoms with Gasteiger partial charge in [-0.25, -0.2) is 0 Å². The van der Waals surface area contributed by atoms with Crippen LogP contribution >= 0.6 is 15.9 Å². The molecule has 0 aromatic rings. The monoisotopic (exact) mass is 311 g/mol. The highest BCUT2D eigenvalue weighted by Crippen LogP contribution is 2.69. The third-order valence-electron chi connectivity index (χ3n) is 6.05. The fourth-order valence-electron chi connectivity index (χ4n) is 5.20. The van der Waals surface area contributed by atoms with Crippen LogP contribution in [0.5, 0.6) is 0 Å². The molecule has 0 spiro atoms. The Bertz CT molecular complexity index is 356. The van der Waals surface area contributed by atoms with E-state index in [2.05, 4.69) is 21.2 Å². The van der Waals surface area contributed by atoms with Crippen molar-refractivity contribution in [2.24, 2.45) is 29.6 Å². The van der Waals surface area contributed by atoms with Crippen LogP contribution in [0.1, 0.15) is 44.9 Å². The number of rotatable bonds is 2. The molecule has 3 heteroatoms. The van der Waals surface area contributed by atoms with E-state index >= 15 is 0 Å². The maximum Gasteiger partial charge on any atom is 0.223 e. The average molecular weight is 312 g/mol. The van der Waals surface area contributed by atoms with Crippen molar-refractivity contribution in [3.63, 3.8) is 0 Å². The second-order valence-corrected chi connectivity index (χ2v) is 8.11. The summed E-state index contributed by atoms with van der Waals surface area (Å²) in [5.74, 6) is 4.15. The van der Waals surface area contributed by atoms with Gasteiger partial charge >= 0.3 is 0 Å². The van der Waals surface area contributed by atoms with Gasteiger partial charge < -0.3 is 5.32 Å². The molecule has 6 unspecified atom stereocenters. The van der Waals surface area contributed by atoms with Gasteiger partial charge in [-0.3, -0.25) is 4.79 Å². The van der Waals surface area contributed by atoms with Gasteiger partial charge in [-0.05, 0) is 55.8 Å². The van der Waals surface area contributed by atoms with Gasteiger partial charge in [0.25, 0.3) is 0 Å². The lowest BCUT2D eigenvalue weighted by atomic mass is 9.94. The van der Waals surface area contributed by atoms with Gasteiger partial charge in [0.05, 0.1) is 0 Å². The smallest absolute Gasteiger partial charge is 0.223 e. The molecule has 4 aliphatic rings. The zero-order valence-corrected chi connectivity index (χ0v) is 12.4. The summed E-state index contributed by atoms with van der Waals surface area (Å²) < 4.78 is 0. The van der Waals surface area contributed by atoms with E-state index in [-0.39, 0.29) is 0 Å². The molecule has 100 valence electrons. The van der Waals surface area contributed by atoms with Gasteiger partial charge in [-0.15, -0.1) is 0 Å². The van der Waals surface area contributed by atoms with Crippen molar-refractivity contribution in [3.05, 3.63) is 0 Å². The van der Waals surface area contributed by atoms with Gasteiger partial charge in [0.1, 0.15) is 0 Å². The van der Waals surface area contributed by atoms with Gasteiger partial charge in [0.2, 0.25) is 5.91 Å². The van der Waals surface area contributed by atoms with Crippen LogP contribution in [0.4, 0.5) is 0 Å². The van der Waals surface area contributed by atoms with Crippen molar-refractivity contribution >= 4 is 21.8 Å². The number of amides is 1. The van der Waals surface area contributed by atoms with Crippen LogP contribution in [0.25, 0.3) is 0 Å². The summed E-state index contributed by atoms with van der Waals surface area (Å²) in [5.41, 5.74) is 0. The van der Waals surface area contributed by atoms with Crippen LogP contribution in [-0.2, 0) is 4.79 Å². The molecule has 4 saturated carbocycles. The van der Waals surface area contributed by atoms with Gasteiger partial charge in [-0.1, -0.05) is 28.8 Å². The maximum absolute atomic E-state index is 12.4. The summed E-state index contributed by atoms with van der Waals surface area (Å²) in [4.78, 5) is 12.9. The first kappa shape index (κ1) is 11.7. The highest BCUT2D eigenvalue weighted by Gasteiger charge is 2.67. The predicted molar refractivity (Wildman–Crippen MR) is 74.4 cm³/mol. The molecule has 0 aliphatic heterocycles. The molecule has 0 aromatic heterocycles. The Morgan fingerprint density at radius 1 is 1.00 bits per heavy atom. The van der Waals surface area contributed by atoms with Crippen LogP contribution in [0.2, 0.25) is 0 Å². The predicted octanol–water partition coefficient (Wildman–Crippen LogP) is 3.10. The van der Waals surface area contributed by atoms with Crippen LogP contribution in [0.15, 0.2) is 0 Å². The van der Waals surface area contributed by atoms with Gasteiger partial charge in [-0.2, -0.15) is 0 Å². The molecule has 18 heavy (non-hydrogen) atoms. The molecule has 0 heterocycles. The molecular formula is C15H22BrNO. The van der Waals surface area contributed by atoms with E-state index in [1.807, 2.05) is 0 Å². The molecule has 4 aliphatic carbocycles. The van der Waals surface area contributed by atoms with E-state index in [9.17, 15) is 4.79 Å². The van der Waals surface area contributed by atoms with E-state index < -0.39 is 0 Å². The second-order valence-electron chi connectivity index (χ2n) is 6.93. The molecule has 2 bridgehead atoms. The third-order valence-corrected chi connectivity index (χ3v) is 7.14. The minimum absolute atomic E-state index is 0.387. The Hall–Kier alpha value is -0.0500. The zero-order chi connectivity index (χ0) is 12.3. The minimum Gasteiger partial charge on any atom is -0.352 e. The molecule has 0 saturated heterocycles. The standard InChI is InChI=1S/C15H22BrNO/c16-10-3-1-2-4-11(10)17-15(18)14-12-8-5-6-9(7-8)13(12)14/h8-14H,1-7H2,(H,17,18). The Kier molecular flexibility index (Phi) is 2.76. The summed E-state index contributed by atoms with van der Waals surface area (Å²) in [6, 6.07) is 0.394. The number of carbonyl (C=O) groups is 1. The Labute approximate surface area is 117 Å². The second kappa shape index (κ2) is 4.22. The van der Waals surface area contributed by atoms with Crippen LogP contribution < -0.4 is 5.32 Å². The molecule has 2 nitrogen and oxygen atoms in total. The van der Waals surface area contributed by atoms with E-state index in [0.717, 1.165) is 30.1 Å². The number of carbonyl (C=O) groups excluding carboxylic acids is 1. The van der Waals surface area contributed by atoms with Crippen LogP contribution in [-0.4, -0.2) is 16.8 Å². The molecule has 1 N–H and O–H groups in total. The van der Waals surface area contributed by atoms with Crippen molar-refractivity contribution in [1.29, 1.82) is 0 Å². The van der Waals surface area contributed by atoms with Gasteiger partial charge in [0.15, 0.2) is 0 Å². The molecular weight excluding hydrogens is 290 g/mol. The number of hydrogen-bond acceptors (Lipinski definition) is 1. The largest absolute Gasteiger partial charge is 0.352 e.